The lowest BCUT2D eigenvalue weighted by Gasteiger charge is -2.19. The Morgan fingerprint density at radius 2 is 2.05 bits per heavy atom. The fraction of sp³-hybridized carbons (Fsp3) is 0.310. The number of pyridine rings is 3. The van der Waals surface area contributed by atoms with Crippen LogP contribution in [0.2, 0.25) is 0 Å². The molecule has 0 aromatic carbocycles. The van der Waals surface area contributed by atoms with Crippen molar-refractivity contribution in [1.29, 1.82) is 0 Å². The molecule has 1 saturated heterocycles. The Balaban J connectivity index is 1.32. The van der Waals surface area contributed by atoms with Crippen molar-refractivity contribution in [3.05, 3.63) is 71.4 Å². The zero-order chi connectivity index (χ0) is 26.7. The van der Waals surface area contributed by atoms with E-state index in [1.54, 1.807) is 18.7 Å². The van der Waals surface area contributed by atoms with Crippen LogP contribution in [0.3, 0.4) is 0 Å². The zero-order valence-corrected chi connectivity index (χ0v) is 22.1. The molecule has 1 amide bonds. The average Bonchev–Trinajstić information content (AvgIpc) is 3.71. The fourth-order valence-corrected chi connectivity index (χ4v) is 5.81. The third kappa shape index (κ3) is 3.95. The number of fused-ring (bicyclic) bond motifs is 4. The van der Waals surface area contributed by atoms with Crippen molar-refractivity contribution in [2.45, 2.75) is 31.8 Å². The van der Waals surface area contributed by atoms with Gasteiger partial charge in [0.25, 0.3) is 5.91 Å². The van der Waals surface area contributed by atoms with Crippen molar-refractivity contribution in [3.8, 4) is 11.4 Å². The Morgan fingerprint density at radius 3 is 2.87 bits per heavy atom. The lowest BCUT2D eigenvalue weighted by atomic mass is 9.96. The molecule has 0 spiro atoms. The predicted molar refractivity (Wildman–Crippen MR) is 147 cm³/mol. The largest absolute Gasteiger partial charge is 0.463 e. The van der Waals surface area contributed by atoms with E-state index in [1.807, 2.05) is 49.7 Å². The topological polar surface area (TPSA) is 110 Å². The van der Waals surface area contributed by atoms with Gasteiger partial charge in [-0.25, -0.2) is 9.97 Å². The van der Waals surface area contributed by atoms with Crippen LogP contribution in [0.25, 0.3) is 28.1 Å². The molecule has 39 heavy (non-hydrogen) atoms. The molecule has 0 radical (unpaired) electrons. The van der Waals surface area contributed by atoms with Crippen LogP contribution in [0.4, 0.5) is 11.5 Å². The number of aromatic nitrogens is 4. The Hall–Kier alpha value is -4.28. The molecule has 2 N–H and O–H groups in total. The number of imidazole rings is 1. The van der Waals surface area contributed by atoms with Crippen molar-refractivity contribution in [2.75, 3.05) is 32.6 Å². The maximum Gasteiger partial charge on any atom is 0.254 e. The van der Waals surface area contributed by atoms with Gasteiger partial charge in [0.15, 0.2) is 5.58 Å². The molecule has 2 aliphatic rings. The molecule has 0 saturated carbocycles. The van der Waals surface area contributed by atoms with Crippen LogP contribution in [0.1, 0.15) is 52.5 Å². The van der Waals surface area contributed by atoms with Gasteiger partial charge < -0.3 is 24.7 Å². The summed E-state index contributed by atoms with van der Waals surface area (Å²) in [7, 11) is 4.07. The molecular formula is C29H29N7O3. The normalized spacial score (nSPS) is 18.8. The summed E-state index contributed by atoms with van der Waals surface area (Å²) >= 11 is 0. The van der Waals surface area contributed by atoms with Crippen molar-refractivity contribution in [3.63, 3.8) is 0 Å². The van der Waals surface area contributed by atoms with E-state index in [-0.39, 0.29) is 11.9 Å². The van der Waals surface area contributed by atoms with Gasteiger partial charge in [0, 0.05) is 30.7 Å². The first kappa shape index (κ1) is 23.8. The number of anilines is 2. The first-order valence-electron chi connectivity index (χ1n) is 13.1. The number of ether oxygens (including phenoxy) is 1. The van der Waals surface area contributed by atoms with Gasteiger partial charge in [-0.15, -0.1) is 0 Å². The SMILES string of the molecule is C[C@@H]1NC(=O)c2c(Nc3ccc([C@H]4CCOC4)c(CN(C)C)n3)cnc(-c3cnc4ccc5occc5n34)c21. The highest BCUT2D eigenvalue weighted by Crippen LogP contribution is 2.39. The second-order valence-electron chi connectivity index (χ2n) is 10.5. The van der Waals surface area contributed by atoms with E-state index >= 15 is 0 Å². The summed E-state index contributed by atoms with van der Waals surface area (Å²) in [5, 5.41) is 6.47. The average molecular weight is 524 g/mol. The van der Waals surface area contributed by atoms with E-state index in [1.165, 1.54) is 5.56 Å². The minimum atomic E-state index is -0.215. The van der Waals surface area contributed by atoms with Crippen molar-refractivity contribution in [2.24, 2.45) is 0 Å². The standard InChI is InChI=1S/C29H29N7O3/c1-16-26-27(29(37)32-16)19(33-24-6-4-18(17-8-10-38-15-17)20(34-24)14-35(2)3)12-31-28(26)22-13-30-25-7-5-23-21(36(22)25)9-11-39-23/h4-7,9,11-13,16-17H,8,10,14-15H2,1-3H3,(H,32,37)(H,33,34)/t16-,17-/m0/s1. The Kier molecular flexibility index (Phi) is 5.60. The second kappa shape index (κ2) is 9.18. The van der Waals surface area contributed by atoms with E-state index in [0.717, 1.165) is 53.3 Å². The monoisotopic (exact) mass is 523 g/mol. The second-order valence-corrected chi connectivity index (χ2v) is 10.5. The lowest BCUT2D eigenvalue weighted by Crippen LogP contribution is -2.17. The summed E-state index contributed by atoms with van der Waals surface area (Å²) in [5.41, 5.74) is 8.21. The minimum Gasteiger partial charge on any atom is -0.463 e. The van der Waals surface area contributed by atoms with Crippen molar-refractivity contribution >= 4 is 34.2 Å². The van der Waals surface area contributed by atoms with E-state index in [2.05, 4.69) is 26.6 Å². The predicted octanol–water partition coefficient (Wildman–Crippen LogP) is 4.65. The third-order valence-corrected chi connectivity index (χ3v) is 7.56. The van der Waals surface area contributed by atoms with Gasteiger partial charge in [-0.05, 0) is 51.2 Å². The van der Waals surface area contributed by atoms with E-state index in [0.29, 0.717) is 35.2 Å². The van der Waals surface area contributed by atoms with E-state index in [4.69, 9.17) is 19.1 Å². The molecule has 5 aromatic rings. The number of nitrogens with one attached hydrogen (secondary N) is 2. The number of nitrogens with zero attached hydrogens (tertiary/aromatic N) is 5. The maximum atomic E-state index is 13.2. The molecule has 1 fully saturated rings. The molecular weight excluding hydrogens is 494 g/mol. The Labute approximate surface area is 225 Å². The number of carbonyl (C=O) groups excluding carboxylic acids is 1. The van der Waals surface area contributed by atoms with Crippen LogP contribution in [-0.4, -0.2) is 57.5 Å². The molecule has 198 valence electrons. The van der Waals surface area contributed by atoms with Gasteiger partial charge in [0.2, 0.25) is 0 Å². The molecule has 7 heterocycles. The highest BCUT2D eigenvalue weighted by atomic mass is 16.5. The van der Waals surface area contributed by atoms with Crippen LogP contribution >= 0.6 is 0 Å². The zero-order valence-electron chi connectivity index (χ0n) is 22.1. The van der Waals surface area contributed by atoms with Crippen LogP contribution in [0, 0.1) is 0 Å². The van der Waals surface area contributed by atoms with Crippen molar-refractivity contribution in [1.82, 2.24) is 29.6 Å². The molecule has 2 aliphatic heterocycles. The van der Waals surface area contributed by atoms with Crippen LogP contribution in [-0.2, 0) is 11.3 Å². The van der Waals surface area contributed by atoms with E-state index in [9.17, 15) is 4.79 Å². The minimum absolute atomic E-state index is 0.140. The maximum absolute atomic E-state index is 13.2. The summed E-state index contributed by atoms with van der Waals surface area (Å²) in [6, 6.07) is 9.62. The number of furan rings is 1. The summed E-state index contributed by atoms with van der Waals surface area (Å²) in [6.45, 7) is 4.19. The highest BCUT2D eigenvalue weighted by Gasteiger charge is 2.33. The van der Waals surface area contributed by atoms with Gasteiger partial charge in [0.1, 0.15) is 11.5 Å². The van der Waals surface area contributed by atoms with Gasteiger partial charge in [-0.3, -0.25) is 14.2 Å². The first-order valence-corrected chi connectivity index (χ1v) is 13.1. The molecule has 5 aromatic heterocycles. The van der Waals surface area contributed by atoms with Gasteiger partial charge in [-0.1, -0.05) is 6.07 Å². The molecule has 0 unspecified atom stereocenters. The Morgan fingerprint density at radius 1 is 1.15 bits per heavy atom. The summed E-state index contributed by atoms with van der Waals surface area (Å²) in [4.78, 5) is 29.8. The van der Waals surface area contributed by atoms with Gasteiger partial charge >= 0.3 is 0 Å². The quantitative estimate of drug-likeness (QED) is 0.331. The van der Waals surface area contributed by atoms with Crippen LogP contribution < -0.4 is 10.6 Å². The van der Waals surface area contributed by atoms with Gasteiger partial charge in [0.05, 0.1) is 65.2 Å². The van der Waals surface area contributed by atoms with Crippen molar-refractivity contribution < 1.29 is 13.9 Å². The molecule has 10 nitrogen and oxygen atoms in total. The molecule has 0 aliphatic carbocycles. The number of amides is 1. The Bertz CT molecular complexity index is 1730. The number of hydrogen-bond donors (Lipinski definition) is 2. The number of hydrogen-bond acceptors (Lipinski definition) is 8. The highest BCUT2D eigenvalue weighted by molar-refractivity contribution is 6.06. The summed E-state index contributed by atoms with van der Waals surface area (Å²) < 4.78 is 13.3. The summed E-state index contributed by atoms with van der Waals surface area (Å²) in [6.07, 6.45) is 6.18. The number of carbonyl (C=O) groups is 1. The molecule has 2 atom stereocenters. The van der Waals surface area contributed by atoms with Crippen LogP contribution in [0.5, 0.6) is 0 Å². The van der Waals surface area contributed by atoms with Gasteiger partial charge in [-0.2, -0.15) is 0 Å². The third-order valence-electron chi connectivity index (χ3n) is 7.56. The smallest absolute Gasteiger partial charge is 0.254 e. The lowest BCUT2D eigenvalue weighted by molar-refractivity contribution is 0.0959. The first-order chi connectivity index (χ1) is 19.0. The molecule has 0 bridgehead atoms. The fourth-order valence-electron chi connectivity index (χ4n) is 5.81. The number of rotatable bonds is 6. The summed E-state index contributed by atoms with van der Waals surface area (Å²) in [5.74, 6) is 0.887. The molecule has 10 heteroatoms. The van der Waals surface area contributed by atoms with E-state index < -0.39 is 0 Å². The molecule has 7 rings (SSSR count). The van der Waals surface area contributed by atoms with Crippen LogP contribution in [0.15, 0.2) is 53.4 Å².